The third kappa shape index (κ3) is 3.51. The highest BCUT2D eigenvalue weighted by Crippen LogP contribution is 2.29. The van der Waals surface area contributed by atoms with Crippen LogP contribution in [-0.4, -0.2) is 31.9 Å². The quantitative estimate of drug-likeness (QED) is 0.520. The van der Waals surface area contributed by atoms with Crippen LogP contribution >= 0.6 is 0 Å². The van der Waals surface area contributed by atoms with Gasteiger partial charge in [0, 0.05) is 24.7 Å². The Morgan fingerprint density at radius 2 is 2.00 bits per heavy atom. The minimum absolute atomic E-state index is 0.366. The van der Waals surface area contributed by atoms with Crippen molar-refractivity contribution in [3.8, 4) is 11.5 Å². The summed E-state index contributed by atoms with van der Waals surface area (Å²) in [4.78, 5) is 26.1. The van der Waals surface area contributed by atoms with E-state index in [9.17, 15) is 4.79 Å². The number of aromatic nitrogens is 4. The van der Waals surface area contributed by atoms with Crippen LogP contribution in [0.25, 0.3) is 17.2 Å². The second-order valence-electron chi connectivity index (χ2n) is 7.49. The first-order chi connectivity index (χ1) is 15.1. The number of pyridine rings is 1. The van der Waals surface area contributed by atoms with Crippen LogP contribution in [0.4, 0.5) is 5.82 Å². The lowest BCUT2D eigenvalue weighted by Gasteiger charge is -2.20. The Bertz CT molecular complexity index is 1280. The second kappa shape index (κ2) is 7.81. The molecule has 3 N–H and O–H groups in total. The first kappa shape index (κ1) is 19.2. The van der Waals surface area contributed by atoms with Gasteiger partial charge in [0.1, 0.15) is 17.2 Å². The molecular weight excluding hydrogens is 392 g/mol. The minimum Gasteiger partial charge on any atom is -0.376 e. The molecule has 3 aromatic heterocycles. The molecule has 31 heavy (non-hydrogen) atoms. The SMILES string of the molecule is Cc1nc2c(C(N)=O)cccn2c1-c1nc2c(c(NCc3ccccc3)n1)COCC2. The lowest BCUT2D eigenvalue weighted by Crippen LogP contribution is -2.17. The van der Waals surface area contributed by atoms with Crippen molar-refractivity contribution in [2.75, 3.05) is 11.9 Å². The highest BCUT2D eigenvalue weighted by atomic mass is 16.5. The smallest absolute Gasteiger partial charge is 0.252 e. The number of ether oxygens (including phenoxy) is 1. The van der Waals surface area contributed by atoms with Crippen molar-refractivity contribution >= 4 is 17.4 Å². The van der Waals surface area contributed by atoms with E-state index in [-0.39, 0.29) is 0 Å². The maximum atomic E-state index is 11.9. The van der Waals surface area contributed by atoms with Crippen LogP contribution in [0.5, 0.6) is 0 Å². The van der Waals surface area contributed by atoms with Crippen LogP contribution in [0.3, 0.4) is 0 Å². The molecular formula is C23H22N6O2. The van der Waals surface area contributed by atoms with Gasteiger partial charge in [-0.2, -0.15) is 0 Å². The molecule has 5 rings (SSSR count). The summed E-state index contributed by atoms with van der Waals surface area (Å²) in [5.41, 5.74) is 11.0. The molecule has 1 aromatic carbocycles. The number of hydrogen-bond donors (Lipinski definition) is 2. The fraction of sp³-hybridized carbons (Fsp3) is 0.217. The third-order valence-electron chi connectivity index (χ3n) is 5.43. The number of nitrogens with zero attached hydrogens (tertiary/aromatic N) is 4. The molecule has 4 aromatic rings. The monoisotopic (exact) mass is 414 g/mol. The number of anilines is 1. The molecule has 8 nitrogen and oxygen atoms in total. The molecule has 8 heteroatoms. The second-order valence-corrected chi connectivity index (χ2v) is 7.49. The van der Waals surface area contributed by atoms with Gasteiger partial charge in [-0.3, -0.25) is 9.20 Å². The molecule has 0 fully saturated rings. The van der Waals surface area contributed by atoms with Crippen LogP contribution in [0.2, 0.25) is 0 Å². The first-order valence-corrected chi connectivity index (χ1v) is 10.1. The van der Waals surface area contributed by atoms with E-state index in [1.807, 2.05) is 35.7 Å². The lowest BCUT2D eigenvalue weighted by molar-refractivity contribution is 0.100. The largest absolute Gasteiger partial charge is 0.376 e. The number of fused-ring (bicyclic) bond motifs is 2. The Morgan fingerprint density at radius 1 is 1.16 bits per heavy atom. The fourth-order valence-corrected chi connectivity index (χ4v) is 3.91. The van der Waals surface area contributed by atoms with Crippen LogP contribution in [0.15, 0.2) is 48.7 Å². The van der Waals surface area contributed by atoms with E-state index in [4.69, 9.17) is 20.4 Å². The van der Waals surface area contributed by atoms with Crippen molar-refractivity contribution in [2.45, 2.75) is 26.5 Å². The number of rotatable bonds is 5. The third-order valence-corrected chi connectivity index (χ3v) is 5.43. The van der Waals surface area contributed by atoms with Crippen molar-refractivity contribution in [3.05, 3.63) is 76.7 Å². The van der Waals surface area contributed by atoms with Gasteiger partial charge in [-0.25, -0.2) is 15.0 Å². The highest BCUT2D eigenvalue weighted by molar-refractivity contribution is 5.99. The predicted molar refractivity (Wildman–Crippen MR) is 117 cm³/mol. The van der Waals surface area contributed by atoms with E-state index in [0.717, 1.165) is 34.0 Å². The topological polar surface area (TPSA) is 107 Å². The number of imidazole rings is 1. The first-order valence-electron chi connectivity index (χ1n) is 10.1. The predicted octanol–water partition coefficient (Wildman–Crippen LogP) is 2.88. The van der Waals surface area contributed by atoms with Crippen molar-refractivity contribution < 1.29 is 9.53 Å². The van der Waals surface area contributed by atoms with Gasteiger partial charge in [0.2, 0.25) is 0 Å². The molecule has 0 saturated carbocycles. The highest BCUT2D eigenvalue weighted by Gasteiger charge is 2.23. The average Bonchev–Trinajstić information content (AvgIpc) is 3.13. The molecule has 0 saturated heterocycles. The van der Waals surface area contributed by atoms with Gasteiger partial charge in [-0.05, 0) is 24.6 Å². The zero-order valence-electron chi connectivity index (χ0n) is 17.1. The van der Waals surface area contributed by atoms with Gasteiger partial charge in [0.15, 0.2) is 5.82 Å². The van der Waals surface area contributed by atoms with Crippen molar-refractivity contribution in [1.82, 2.24) is 19.4 Å². The van der Waals surface area contributed by atoms with Crippen LogP contribution in [0, 0.1) is 6.92 Å². The lowest BCUT2D eigenvalue weighted by atomic mass is 10.1. The standard InChI is InChI=1S/C23H22N6O2/c1-14-19(29-10-5-8-16(20(24)30)23(29)26-14)22-27-18-9-11-31-13-17(18)21(28-22)25-12-15-6-3-2-4-7-15/h2-8,10H,9,11-13H2,1H3,(H2,24,30)(H,25,27,28). The number of hydrogen-bond acceptors (Lipinski definition) is 6. The van der Waals surface area contributed by atoms with Crippen molar-refractivity contribution in [3.63, 3.8) is 0 Å². The summed E-state index contributed by atoms with van der Waals surface area (Å²) in [5, 5.41) is 3.45. The van der Waals surface area contributed by atoms with Crippen LogP contribution in [0.1, 0.15) is 32.9 Å². The number of amides is 1. The van der Waals surface area contributed by atoms with Gasteiger partial charge in [-0.15, -0.1) is 0 Å². The number of nitrogens with two attached hydrogens (primary N) is 1. The summed E-state index contributed by atoms with van der Waals surface area (Å²) < 4.78 is 7.50. The number of carbonyl (C=O) groups is 1. The number of carbonyl (C=O) groups excluding carboxylic acids is 1. The van der Waals surface area contributed by atoms with Crippen LogP contribution < -0.4 is 11.1 Å². The number of aryl methyl sites for hydroxylation is 1. The summed E-state index contributed by atoms with van der Waals surface area (Å²) in [6.07, 6.45) is 2.56. The Balaban J connectivity index is 1.62. The summed E-state index contributed by atoms with van der Waals surface area (Å²) >= 11 is 0. The zero-order valence-corrected chi connectivity index (χ0v) is 17.1. The molecule has 1 aliphatic rings. The van der Waals surface area contributed by atoms with E-state index >= 15 is 0 Å². The molecule has 0 unspecified atom stereocenters. The summed E-state index contributed by atoms with van der Waals surface area (Å²) in [5.74, 6) is 0.794. The van der Waals surface area contributed by atoms with Crippen molar-refractivity contribution in [2.24, 2.45) is 5.73 Å². The molecule has 0 radical (unpaired) electrons. The summed E-state index contributed by atoms with van der Waals surface area (Å²) in [7, 11) is 0. The molecule has 0 bridgehead atoms. The fourth-order valence-electron chi connectivity index (χ4n) is 3.91. The Kier molecular flexibility index (Phi) is 4.83. The molecule has 1 aliphatic heterocycles. The van der Waals surface area contributed by atoms with E-state index < -0.39 is 5.91 Å². The zero-order chi connectivity index (χ0) is 21.4. The van der Waals surface area contributed by atoms with E-state index in [0.29, 0.717) is 43.2 Å². The number of benzene rings is 1. The van der Waals surface area contributed by atoms with Crippen molar-refractivity contribution in [1.29, 1.82) is 0 Å². The Hall–Kier alpha value is -3.78. The normalized spacial score (nSPS) is 13.2. The van der Waals surface area contributed by atoms with Gasteiger partial charge in [0.05, 0.1) is 30.2 Å². The van der Waals surface area contributed by atoms with E-state index in [2.05, 4.69) is 22.4 Å². The maximum absolute atomic E-state index is 11.9. The average molecular weight is 414 g/mol. The molecule has 156 valence electrons. The molecule has 0 spiro atoms. The van der Waals surface area contributed by atoms with Gasteiger partial charge in [-0.1, -0.05) is 30.3 Å². The van der Waals surface area contributed by atoms with Gasteiger partial charge >= 0.3 is 0 Å². The maximum Gasteiger partial charge on any atom is 0.252 e. The summed E-state index contributed by atoms with van der Waals surface area (Å²) in [6, 6.07) is 13.6. The summed E-state index contributed by atoms with van der Waals surface area (Å²) in [6.45, 7) is 3.63. The Morgan fingerprint density at radius 3 is 2.81 bits per heavy atom. The Labute approximate surface area is 179 Å². The minimum atomic E-state index is -0.518. The molecule has 0 aliphatic carbocycles. The van der Waals surface area contributed by atoms with Gasteiger partial charge < -0.3 is 15.8 Å². The number of primary amides is 1. The van der Waals surface area contributed by atoms with E-state index in [1.54, 1.807) is 12.1 Å². The van der Waals surface area contributed by atoms with Crippen LogP contribution in [-0.2, 0) is 24.3 Å². The molecule has 0 atom stereocenters. The van der Waals surface area contributed by atoms with Gasteiger partial charge in [0.25, 0.3) is 5.91 Å². The van der Waals surface area contributed by atoms with E-state index in [1.165, 1.54) is 0 Å². The molecule has 4 heterocycles. The number of nitrogens with one attached hydrogen (secondary N) is 1. The molecule has 1 amide bonds.